The Bertz CT molecular complexity index is 742. The van der Waals surface area contributed by atoms with E-state index < -0.39 is 52.5 Å². The number of rotatable bonds is 17. The minimum Gasteiger partial charge on any atom is -0.324 e. The normalized spacial score (nSPS) is 14.3. The van der Waals surface area contributed by atoms with E-state index in [1.807, 2.05) is 41.5 Å². The predicted molar refractivity (Wildman–Crippen MR) is 132 cm³/mol. The van der Waals surface area contributed by atoms with Gasteiger partial charge >= 0.3 is 0 Å². The molecular weight excluding hydrogens is 479 g/mol. The van der Waals surface area contributed by atoms with Crippen LogP contribution in [-0.4, -0.2) is 24.3 Å². The molecule has 1 aromatic rings. The summed E-state index contributed by atoms with van der Waals surface area (Å²) in [5.74, 6) is -12.7. The molecule has 1 aromatic carbocycles. The Kier molecular flexibility index (Phi) is 13.9. The van der Waals surface area contributed by atoms with Crippen molar-refractivity contribution in [1.29, 1.82) is 0 Å². The summed E-state index contributed by atoms with van der Waals surface area (Å²) < 4.78 is 89.6. The third-order valence-electron chi connectivity index (χ3n) is 5.98. The van der Waals surface area contributed by atoms with E-state index in [-0.39, 0.29) is 24.7 Å². The lowest BCUT2D eigenvalue weighted by atomic mass is 9.84. The average molecular weight is 525 g/mol. The maximum absolute atomic E-state index is 14.6. The molecule has 1 rings (SSSR count). The molecule has 0 aromatic heterocycles. The summed E-state index contributed by atoms with van der Waals surface area (Å²) in [6, 6.07) is 0. The van der Waals surface area contributed by atoms with E-state index in [9.17, 15) is 22.0 Å². The molecule has 2 atom stereocenters. The lowest BCUT2D eigenvalue weighted by Crippen LogP contribution is -2.51. The summed E-state index contributed by atoms with van der Waals surface area (Å²) in [4.78, 5) is 0. The van der Waals surface area contributed by atoms with Crippen molar-refractivity contribution in [2.75, 3.05) is 0 Å². The summed E-state index contributed by atoms with van der Waals surface area (Å²) in [5, 5.41) is 0. The highest BCUT2D eigenvalue weighted by molar-refractivity contribution is 5.27. The average Bonchev–Trinajstić information content (AvgIpc) is 2.76. The standard InChI is InChI=1S/C28H45F5O3/c1-9-10-11-12-13-14-15-21(28(34-17(2)3,35-18(4)5)36-19(6)7)16-20(8)22-23(29)25(31)27(33)26(32)24(22)30/h17-21H,9-16H2,1-8H3. The molecule has 0 N–H and O–H groups in total. The summed E-state index contributed by atoms with van der Waals surface area (Å²) in [5.41, 5.74) is -0.827. The molecule has 8 heteroatoms. The molecule has 0 aliphatic carbocycles. The lowest BCUT2D eigenvalue weighted by molar-refractivity contribution is -0.433. The van der Waals surface area contributed by atoms with Crippen LogP contribution < -0.4 is 0 Å². The van der Waals surface area contributed by atoms with Gasteiger partial charge in [-0.25, -0.2) is 22.0 Å². The molecule has 0 saturated carbocycles. The van der Waals surface area contributed by atoms with Gasteiger partial charge in [0.15, 0.2) is 23.3 Å². The van der Waals surface area contributed by atoms with E-state index in [0.29, 0.717) is 6.42 Å². The Balaban J connectivity index is 3.44. The van der Waals surface area contributed by atoms with E-state index in [0.717, 1.165) is 38.5 Å². The van der Waals surface area contributed by atoms with Crippen molar-refractivity contribution in [3.05, 3.63) is 34.6 Å². The molecule has 0 bridgehead atoms. The smallest absolute Gasteiger partial charge is 0.286 e. The number of ether oxygens (including phenoxy) is 3. The van der Waals surface area contributed by atoms with Gasteiger partial charge in [0.05, 0.1) is 18.3 Å². The SMILES string of the molecule is CCCCCCCCC(CC(C)c1c(F)c(F)c(F)c(F)c1F)C(OC(C)C)(OC(C)C)OC(C)C. The Morgan fingerprint density at radius 1 is 0.583 bits per heavy atom. The number of hydrogen-bond donors (Lipinski definition) is 0. The minimum atomic E-state index is -2.16. The van der Waals surface area contributed by atoms with E-state index in [1.54, 1.807) is 0 Å². The van der Waals surface area contributed by atoms with Crippen LogP contribution in [0.4, 0.5) is 22.0 Å². The molecule has 0 saturated heterocycles. The van der Waals surface area contributed by atoms with Gasteiger partial charge < -0.3 is 14.2 Å². The maximum Gasteiger partial charge on any atom is 0.286 e. The molecule has 0 aliphatic heterocycles. The first-order valence-electron chi connectivity index (χ1n) is 13.3. The molecular formula is C28H45F5O3. The van der Waals surface area contributed by atoms with Crippen LogP contribution >= 0.6 is 0 Å². The van der Waals surface area contributed by atoms with Crippen LogP contribution in [0.5, 0.6) is 0 Å². The van der Waals surface area contributed by atoms with Gasteiger partial charge in [0.25, 0.3) is 5.97 Å². The molecule has 36 heavy (non-hydrogen) atoms. The summed E-state index contributed by atoms with van der Waals surface area (Å²) in [6.45, 7) is 14.6. The van der Waals surface area contributed by atoms with Gasteiger partial charge in [-0.2, -0.15) is 0 Å². The second-order valence-electron chi connectivity index (χ2n) is 10.5. The van der Waals surface area contributed by atoms with Gasteiger partial charge in [-0.1, -0.05) is 52.4 Å². The fraction of sp³-hybridized carbons (Fsp3) is 0.786. The monoisotopic (exact) mass is 524 g/mol. The summed E-state index contributed by atoms with van der Waals surface area (Å²) >= 11 is 0. The zero-order chi connectivity index (χ0) is 27.6. The van der Waals surface area contributed by atoms with Crippen molar-refractivity contribution in [2.24, 2.45) is 5.92 Å². The van der Waals surface area contributed by atoms with E-state index in [1.165, 1.54) is 6.92 Å². The molecule has 0 spiro atoms. The third-order valence-corrected chi connectivity index (χ3v) is 5.98. The van der Waals surface area contributed by atoms with Crippen LogP contribution in [0, 0.1) is 35.0 Å². The second kappa shape index (κ2) is 15.2. The van der Waals surface area contributed by atoms with Gasteiger partial charge in [-0.05, 0) is 60.3 Å². The molecule has 0 radical (unpaired) electrons. The van der Waals surface area contributed by atoms with Gasteiger partial charge in [-0.15, -0.1) is 0 Å². The highest BCUT2D eigenvalue weighted by Crippen LogP contribution is 2.41. The number of halogens is 5. The number of unbranched alkanes of at least 4 members (excludes halogenated alkanes) is 5. The third kappa shape index (κ3) is 9.25. The number of hydrogen-bond acceptors (Lipinski definition) is 3. The Morgan fingerprint density at radius 2 is 0.972 bits per heavy atom. The Morgan fingerprint density at radius 3 is 1.39 bits per heavy atom. The van der Waals surface area contributed by atoms with Gasteiger partial charge in [-0.3, -0.25) is 0 Å². The molecule has 0 aliphatic rings. The van der Waals surface area contributed by atoms with Crippen molar-refractivity contribution in [3.8, 4) is 0 Å². The van der Waals surface area contributed by atoms with Crippen molar-refractivity contribution >= 4 is 0 Å². The molecule has 0 heterocycles. The Hall–Kier alpha value is -1.25. The van der Waals surface area contributed by atoms with E-state index >= 15 is 0 Å². The Labute approximate surface area is 214 Å². The van der Waals surface area contributed by atoms with Crippen LogP contribution in [0.3, 0.4) is 0 Å². The van der Waals surface area contributed by atoms with Gasteiger partial charge in [0.2, 0.25) is 5.82 Å². The minimum absolute atomic E-state index is 0.0411. The van der Waals surface area contributed by atoms with Crippen molar-refractivity contribution in [2.45, 2.75) is 137 Å². The topological polar surface area (TPSA) is 27.7 Å². The van der Waals surface area contributed by atoms with Crippen LogP contribution in [-0.2, 0) is 14.2 Å². The van der Waals surface area contributed by atoms with Crippen molar-refractivity contribution < 1.29 is 36.2 Å². The van der Waals surface area contributed by atoms with Gasteiger partial charge in [0.1, 0.15) is 0 Å². The van der Waals surface area contributed by atoms with Crippen LogP contribution in [0.1, 0.15) is 118 Å². The molecule has 3 nitrogen and oxygen atoms in total. The predicted octanol–water partition coefficient (Wildman–Crippen LogP) is 9.17. The van der Waals surface area contributed by atoms with E-state index in [4.69, 9.17) is 14.2 Å². The zero-order valence-electron chi connectivity index (χ0n) is 23.2. The summed E-state index contributed by atoms with van der Waals surface area (Å²) in [7, 11) is 0. The quantitative estimate of drug-likeness (QED) is 0.0668. The summed E-state index contributed by atoms with van der Waals surface area (Å²) in [6.07, 6.45) is 5.81. The first-order valence-corrected chi connectivity index (χ1v) is 13.3. The highest BCUT2D eigenvalue weighted by atomic mass is 19.2. The molecule has 210 valence electrons. The van der Waals surface area contributed by atoms with Crippen LogP contribution in [0.2, 0.25) is 0 Å². The molecule has 0 amide bonds. The van der Waals surface area contributed by atoms with Crippen molar-refractivity contribution in [3.63, 3.8) is 0 Å². The van der Waals surface area contributed by atoms with Gasteiger partial charge in [0, 0.05) is 11.5 Å². The highest BCUT2D eigenvalue weighted by Gasteiger charge is 2.46. The molecule has 0 fully saturated rings. The van der Waals surface area contributed by atoms with Crippen LogP contribution in [0.15, 0.2) is 0 Å². The molecule has 2 unspecified atom stereocenters. The maximum atomic E-state index is 14.6. The van der Waals surface area contributed by atoms with E-state index in [2.05, 4.69) is 6.92 Å². The fourth-order valence-electron chi connectivity index (χ4n) is 4.57. The first-order chi connectivity index (χ1) is 16.8. The largest absolute Gasteiger partial charge is 0.324 e. The number of benzene rings is 1. The zero-order valence-corrected chi connectivity index (χ0v) is 23.2. The fourth-order valence-corrected chi connectivity index (χ4v) is 4.57. The lowest BCUT2D eigenvalue weighted by Gasteiger charge is -2.44. The van der Waals surface area contributed by atoms with Crippen molar-refractivity contribution in [1.82, 2.24) is 0 Å². The second-order valence-corrected chi connectivity index (χ2v) is 10.5. The first kappa shape index (κ1) is 32.8. The van der Waals surface area contributed by atoms with Crippen LogP contribution in [0.25, 0.3) is 0 Å².